The highest BCUT2D eigenvalue weighted by Gasteiger charge is 2.36. The molecule has 2 heterocycles. The number of aliphatic hydroxyl groups is 2. The third-order valence-electron chi connectivity index (χ3n) is 8.98. The van der Waals surface area contributed by atoms with E-state index >= 15 is 0 Å². The number of likely N-dealkylation sites (tertiary alicyclic amines) is 1. The smallest absolute Gasteiger partial charge is 0.326 e. The summed E-state index contributed by atoms with van der Waals surface area (Å²) in [6.07, 6.45) is 19.0. The lowest BCUT2D eigenvalue weighted by atomic mass is 9.82. The summed E-state index contributed by atoms with van der Waals surface area (Å²) in [7, 11) is 0. The van der Waals surface area contributed by atoms with E-state index in [0.29, 0.717) is 31.2 Å². The van der Waals surface area contributed by atoms with Crippen molar-refractivity contribution in [2.45, 2.75) is 128 Å². The van der Waals surface area contributed by atoms with Crippen LogP contribution in [0.3, 0.4) is 0 Å². The second-order valence-electron chi connectivity index (χ2n) is 12.3. The van der Waals surface area contributed by atoms with E-state index in [1.165, 1.54) is 4.90 Å². The normalized spacial score (nSPS) is 32.4. The number of aliphatic carboxylic acids is 1. The number of aliphatic hydroxyl groups excluding tert-OH is 2. The number of nitrogens with zero attached hydrogens (tertiary/aromatic N) is 1. The van der Waals surface area contributed by atoms with Gasteiger partial charge in [-0.1, -0.05) is 44.2 Å². The molecule has 7 heteroatoms. The van der Waals surface area contributed by atoms with Gasteiger partial charge in [-0.25, -0.2) is 4.79 Å². The van der Waals surface area contributed by atoms with Crippen molar-refractivity contribution >= 4 is 11.9 Å². The van der Waals surface area contributed by atoms with E-state index < -0.39 is 18.1 Å². The highest BCUT2D eigenvalue weighted by Crippen LogP contribution is 2.32. The Balaban J connectivity index is 1.43. The Morgan fingerprint density at radius 1 is 1.00 bits per heavy atom. The quantitative estimate of drug-likeness (QED) is 0.300. The second-order valence-corrected chi connectivity index (χ2v) is 12.3. The number of amides is 1. The molecule has 0 unspecified atom stereocenters. The van der Waals surface area contributed by atoms with Crippen molar-refractivity contribution in [2.24, 2.45) is 17.8 Å². The van der Waals surface area contributed by atoms with Crippen LogP contribution in [-0.2, 0) is 14.3 Å². The first-order chi connectivity index (χ1) is 18.6. The van der Waals surface area contributed by atoms with Crippen molar-refractivity contribution < 1.29 is 29.6 Å². The second kappa shape index (κ2) is 15.7. The van der Waals surface area contributed by atoms with Gasteiger partial charge in [0.05, 0.1) is 30.8 Å². The Labute approximate surface area is 235 Å². The maximum Gasteiger partial charge on any atom is 0.326 e. The summed E-state index contributed by atoms with van der Waals surface area (Å²) >= 11 is 0. The fourth-order valence-corrected chi connectivity index (χ4v) is 6.34. The molecule has 0 spiro atoms. The number of hydrogen-bond donors (Lipinski definition) is 3. The van der Waals surface area contributed by atoms with Crippen molar-refractivity contribution in [1.29, 1.82) is 0 Å². The predicted molar refractivity (Wildman–Crippen MR) is 153 cm³/mol. The van der Waals surface area contributed by atoms with Gasteiger partial charge in [-0.15, -0.1) is 0 Å². The van der Waals surface area contributed by atoms with Crippen LogP contribution in [0.15, 0.2) is 36.0 Å². The number of carbonyl (C=O) groups excluding carboxylic acids is 1. The summed E-state index contributed by atoms with van der Waals surface area (Å²) in [5.41, 5.74) is 0.876. The number of carboxylic acids is 1. The fraction of sp³-hybridized carbons (Fsp3) is 0.750. The lowest BCUT2D eigenvalue weighted by Gasteiger charge is -2.38. The number of allylic oxidation sites excluding steroid dienone is 5. The largest absolute Gasteiger partial charge is 0.480 e. The van der Waals surface area contributed by atoms with Crippen LogP contribution in [0, 0.1) is 17.8 Å². The van der Waals surface area contributed by atoms with Crippen LogP contribution in [0.5, 0.6) is 0 Å². The Kier molecular flexibility index (Phi) is 12.7. The van der Waals surface area contributed by atoms with E-state index in [0.717, 1.165) is 63.4 Å². The minimum atomic E-state index is -0.927. The van der Waals surface area contributed by atoms with Crippen LogP contribution >= 0.6 is 0 Å². The number of carboxylic acid groups (broad SMARTS) is 1. The third-order valence-corrected chi connectivity index (χ3v) is 8.98. The van der Waals surface area contributed by atoms with E-state index in [9.17, 15) is 24.9 Å². The maximum absolute atomic E-state index is 13.0. The molecule has 3 rings (SSSR count). The molecule has 3 aliphatic rings. The molecule has 0 aromatic carbocycles. The molecule has 1 amide bonds. The van der Waals surface area contributed by atoms with Crippen LogP contribution in [0.2, 0.25) is 0 Å². The molecule has 6 atom stereocenters. The van der Waals surface area contributed by atoms with E-state index in [1.807, 2.05) is 25.2 Å². The minimum Gasteiger partial charge on any atom is -0.480 e. The zero-order valence-corrected chi connectivity index (χ0v) is 24.2. The number of carbonyl (C=O) groups is 2. The molecule has 39 heavy (non-hydrogen) atoms. The maximum atomic E-state index is 13.0. The molecule has 7 nitrogen and oxygen atoms in total. The average molecular weight is 546 g/mol. The van der Waals surface area contributed by atoms with Crippen LogP contribution in [0.1, 0.15) is 97.8 Å². The van der Waals surface area contributed by atoms with Gasteiger partial charge >= 0.3 is 5.97 Å². The molecule has 2 aliphatic heterocycles. The average Bonchev–Trinajstić information content (AvgIpc) is 2.91. The summed E-state index contributed by atoms with van der Waals surface area (Å²) in [6, 6.07) is -0.728. The summed E-state index contributed by atoms with van der Waals surface area (Å²) in [4.78, 5) is 26.1. The highest BCUT2D eigenvalue weighted by molar-refractivity contribution is 5.84. The number of rotatable bonds is 11. The van der Waals surface area contributed by atoms with Gasteiger partial charge in [-0.2, -0.15) is 0 Å². The topological polar surface area (TPSA) is 107 Å². The SMILES string of the molecule is C\C(=C/C=C/C=C/[C@@H](C)CC1CCC(O)CC1)[C@@H](O)C[C@@H]1CC[C@@H](C)[C@H](CC(=O)N2CCCC[C@H]2C(=O)O)O1. The van der Waals surface area contributed by atoms with Gasteiger partial charge in [-0.3, -0.25) is 4.79 Å². The molecule has 1 saturated carbocycles. The van der Waals surface area contributed by atoms with Gasteiger partial charge in [-0.05, 0) is 94.5 Å². The zero-order valence-electron chi connectivity index (χ0n) is 24.2. The molecule has 0 aromatic heterocycles. The lowest BCUT2D eigenvalue weighted by molar-refractivity contribution is -0.156. The van der Waals surface area contributed by atoms with E-state index in [-0.39, 0.29) is 36.6 Å². The Morgan fingerprint density at radius 3 is 2.46 bits per heavy atom. The van der Waals surface area contributed by atoms with Crippen LogP contribution < -0.4 is 0 Å². The minimum absolute atomic E-state index is 0.0997. The third kappa shape index (κ3) is 10.2. The number of ether oxygens (including phenoxy) is 1. The van der Waals surface area contributed by atoms with Crippen LogP contribution in [0.4, 0.5) is 0 Å². The standard InChI is InChI=1S/C32H51NO6/c1-22(19-25-13-15-26(34)16-14-25)9-5-4-6-10-23(2)29(35)20-27-17-12-24(3)30(39-27)21-31(36)33-18-8-7-11-28(33)32(37)38/h4-6,9-10,22,24-30,34-35H,7-8,11-21H2,1-3H3,(H,37,38)/b6-4+,9-5+,23-10+/t22-,24-,25?,26?,27+,28+,29+,30+/m1/s1. The first-order valence-electron chi connectivity index (χ1n) is 15.2. The Morgan fingerprint density at radius 2 is 1.74 bits per heavy atom. The molecule has 0 aromatic rings. The molecule has 0 bridgehead atoms. The molecule has 1 aliphatic carbocycles. The van der Waals surface area contributed by atoms with Crippen molar-refractivity contribution in [3.8, 4) is 0 Å². The first-order valence-corrected chi connectivity index (χ1v) is 15.2. The van der Waals surface area contributed by atoms with E-state index in [1.54, 1.807) is 0 Å². The molecule has 2 saturated heterocycles. The van der Waals surface area contributed by atoms with E-state index in [2.05, 4.69) is 26.0 Å². The van der Waals surface area contributed by atoms with Gasteiger partial charge < -0.3 is 25.0 Å². The number of hydrogen-bond acceptors (Lipinski definition) is 5. The molecule has 220 valence electrons. The molecule has 0 radical (unpaired) electrons. The first kappa shape index (κ1) is 31.6. The fourth-order valence-electron chi connectivity index (χ4n) is 6.34. The van der Waals surface area contributed by atoms with Crippen LogP contribution in [-0.4, -0.2) is 69.1 Å². The Bertz CT molecular complexity index is 874. The summed E-state index contributed by atoms with van der Waals surface area (Å²) in [5.74, 6) is 0.365. The van der Waals surface area contributed by atoms with Gasteiger partial charge in [0.1, 0.15) is 6.04 Å². The van der Waals surface area contributed by atoms with E-state index in [4.69, 9.17) is 4.74 Å². The van der Waals surface area contributed by atoms with Crippen molar-refractivity contribution in [1.82, 2.24) is 4.90 Å². The van der Waals surface area contributed by atoms with Crippen molar-refractivity contribution in [3.63, 3.8) is 0 Å². The van der Waals surface area contributed by atoms with Crippen molar-refractivity contribution in [2.75, 3.05) is 6.54 Å². The summed E-state index contributed by atoms with van der Waals surface area (Å²) in [5, 5.41) is 30.0. The molecular weight excluding hydrogens is 494 g/mol. The molecule has 3 fully saturated rings. The highest BCUT2D eigenvalue weighted by atomic mass is 16.5. The Hall–Kier alpha value is -1.96. The van der Waals surface area contributed by atoms with Crippen LogP contribution in [0.25, 0.3) is 0 Å². The number of piperidine rings is 1. The van der Waals surface area contributed by atoms with Gasteiger partial charge in [0.2, 0.25) is 5.91 Å². The van der Waals surface area contributed by atoms with Gasteiger partial charge in [0, 0.05) is 13.0 Å². The summed E-state index contributed by atoms with van der Waals surface area (Å²) < 4.78 is 6.29. The van der Waals surface area contributed by atoms with Gasteiger partial charge in [0.15, 0.2) is 0 Å². The zero-order chi connectivity index (χ0) is 28.4. The van der Waals surface area contributed by atoms with Gasteiger partial charge in [0.25, 0.3) is 0 Å². The monoisotopic (exact) mass is 545 g/mol. The summed E-state index contributed by atoms with van der Waals surface area (Å²) in [6.45, 7) is 6.74. The lowest BCUT2D eigenvalue weighted by Crippen LogP contribution is -2.49. The van der Waals surface area contributed by atoms with Crippen molar-refractivity contribution in [3.05, 3.63) is 36.0 Å². The molecule has 3 N–H and O–H groups in total. The molecular formula is C32H51NO6. The predicted octanol–water partition coefficient (Wildman–Crippen LogP) is 5.41.